The molecule has 0 aliphatic carbocycles. The van der Waals surface area contributed by atoms with Crippen molar-refractivity contribution >= 4 is 11.0 Å². The molecule has 2 aromatic rings. The van der Waals surface area contributed by atoms with E-state index in [0.717, 1.165) is 48.9 Å². The number of para-hydroxylation sites is 2. The van der Waals surface area contributed by atoms with E-state index in [0.29, 0.717) is 0 Å². The quantitative estimate of drug-likeness (QED) is 0.834. The van der Waals surface area contributed by atoms with Crippen molar-refractivity contribution in [2.45, 2.75) is 19.4 Å². The van der Waals surface area contributed by atoms with Crippen molar-refractivity contribution in [3.05, 3.63) is 36.2 Å². The molecule has 0 spiro atoms. The Morgan fingerprint density at radius 3 is 3.00 bits per heavy atom. The summed E-state index contributed by atoms with van der Waals surface area (Å²) in [5, 5.41) is 3.44. The Hall–Kier alpha value is -1.52. The third-order valence-electron chi connectivity index (χ3n) is 3.56. The highest BCUT2D eigenvalue weighted by molar-refractivity contribution is 5.73. The molecule has 1 unspecified atom stereocenters. The van der Waals surface area contributed by atoms with Crippen molar-refractivity contribution in [3.8, 4) is 0 Å². The second-order valence-corrected chi connectivity index (χ2v) is 5.05. The summed E-state index contributed by atoms with van der Waals surface area (Å²) in [7, 11) is 0. The van der Waals surface area contributed by atoms with Gasteiger partial charge < -0.3 is 10.1 Å². The number of rotatable bonds is 5. The smallest absolute Gasteiger partial charge is 0.0890 e. The van der Waals surface area contributed by atoms with Gasteiger partial charge in [-0.3, -0.25) is 4.98 Å². The third kappa shape index (κ3) is 3.28. The molecule has 1 atom stereocenters. The number of benzene rings is 1. The van der Waals surface area contributed by atoms with Crippen molar-refractivity contribution in [2.75, 3.05) is 19.8 Å². The molecule has 4 nitrogen and oxygen atoms in total. The lowest BCUT2D eigenvalue weighted by Crippen LogP contribution is -2.18. The van der Waals surface area contributed by atoms with E-state index in [-0.39, 0.29) is 0 Å². The topological polar surface area (TPSA) is 47.0 Å². The Balaban J connectivity index is 1.50. The van der Waals surface area contributed by atoms with Crippen molar-refractivity contribution in [1.82, 2.24) is 15.3 Å². The fourth-order valence-electron chi connectivity index (χ4n) is 2.41. The summed E-state index contributed by atoms with van der Waals surface area (Å²) in [4.78, 5) is 9.01. The molecule has 1 aromatic heterocycles. The highest BCUT2D eigenvalue weighted by atomic mass is 16.5. The van der Waals surface area contributed by atoms with Gasteiger partial charge in [-0.1, -0.05) is 12.1 Å². The highest BCUT2D eigenvalue weighted by Crippen LogP contribution is 2.15. The Morgan fingerprint density at radius 1 is 1.26 bits per heavy atom. The summed E-state index contributed by atoms with van der Waals surface area (Å²) < 4.78 is 5.37. The van der Waals surface area contributed by atoms with E-state index in [1.165, 1.54) is 12.8 Å². The number of aromatic nitrogens is 2. The van der Waals surface area contributed by atoms with E-state index < -0.39 is 0 Å². The summed E-state index contributed by atoms with van der Waals surface area (Å²) in [6.45, 7) is 3.66. The minimum atomic E-state index is 0.732. The molecular formula is C15H19N3O. The molecule has 1 aromatic carbocycles. The van der Waals surface area contributed by atoms with E-state index in [9.17, 15) is 0 Å². The molecule has 0 saturated carbocycles. The maximum absolute atomic E-state index is 5.37. The summed E-state index contributed by atoms with van der Waals surface area (Å²) in [6.07, 6.45) is 4.24. The predicted octanol–water partition coefficient (Wildman–Crippen LogP) is 2.15. The van der Waals surface area contributed by atoms with Crippen LogP contribution in [0.5, 0.6) is 0 Å². The molecule has 1 aliphatic heterocycles. The largest absolute Gasteiger partial charge is 0.381 e. The van der Waals surface area contributed by atoms with Crippen LogP contribution in [0.3, 0.4) is 0 Å². The van der Waals surface area contributed by atoms with Gasteiger partial charge in [0.1, 0.15) is 0 Å². The number of hydrogen-bond donors (Lipinski definition) is 1. The summed E-state index contributed by atoms with van der Waals surface area (Å²) in [5.41, 5.74) is 2.92. The van der Waals surface area contributed by atoms with Gasteiger partial charge >= 0.3 is 0 Å². The summed E-state index contributed by atoms with van der Waals surface area (Å²) >= 11 is 0. The first-order valence-electron chi connectivity index (χ1n) is 6.91. The average Bonchev–Trinajstić information content (AvgIpc) is 2.97. The van der Waals surface area contributed by atoms with Gasteiger partial charge in [-0.05, 0) is 37.4 Å². The fourth-order valence-corrected chi connectivity index (χ4v) is 2.41. The van der Waals surface area contributed by atoms with Crippen LogP contribution in [0.4, 0.5) is 0 Å². The Morgan fingerprint density at radius 2 is 2.16 bits per heavy atom. The molecular weight excluding hydrogens is 238 g/mol. The van der Waals surface area contributed by atoms with Crippen LogP contribution in [0.2, 0.25) is 0 Å². The lowest BCUT2D eigenvalue weighted by Gasteiger charge is -2.08. The molecule has 1 saturated heterocycles. The van der Waals surface area contributed by atoms with E-state index in [1.54, 1.807) is 0 Å². The maximum Gasteiger partial charge on any atom is 0.0890 e. The van der Waals surface area contributed by atoms with Crippen LogP contribution in [-0.4, -0.2) is 29.7 Å². The van der Waals surface area contributed by atoms with Gasteiger partial charge in [0.05, 0.1) is 22.9 Å². The van der Waals surface area contributed by atoms with Crippen LogP contribution in [0.25, 0.3) is 11.0 Å². The van der Waals surface area contributed by atoms with Gasteiger partial charge in [0, 0.05) is 19.8 Å². The number of nitrogens with one attached hydrogen (secondary N) is 1. The molecule has 1 N–H and O–H groups in total. The molecule has 3 rings (SSSR count). The molecule has 1 fully saturated rings. The molecule has 2 heterocycles. The maximum atomic E-state index is 5.37. The van der Waals surface area contributed by atoms with E-state index in [2.05, 4.69) is 15.3 Å². The number of hydrogen-bond acceptors (Lipinski definition) is 4. The Kier molecular flexibility index (Phi) is 4.01. The van der Waals surface area contributed by atoms with Gasteiger partial charge in [-0.2, -0.15) is 0 Å². The second-order valence-electron chi connectivity index (χ2n) is 5.05. The zero-order chi connectivity index (χ0) is 12.9. The summed E-state index contributed by atoms with van der Waals surface area (Å²) in [6, 6.07) is 7.97. The standard InChI is InChI=1S/C15H19N3O/c1-2-4-15-14(3-1)17-10-13(18-15)9-16-7-5-12-6-8-19-11-12/h1-4,10,12,16H,5-9,11H2. The molecule has 0 bridgehead atoms. The predicted molar refractivity (Wildman–Crippen MR) is 74.8 cm³/mol. The Labute approximate surface area is 113 Å². The third-order valence-corrected chi connectivity index (χ3v) is 3.56. The van der Waals surface area contributed by atoms with Gasteiger partial charge in [-0.25, -0.2) is 4.98 Å². The van der Waals surface area contributed by atoms with Crippen LogP contribution in [-0.2, 0) is 11.3 Å². The number of fused-ring (bicyclic) bond motifs is 1. The SMILES string of the molecule is c1ccc2nc(CNCCC3CCOC3)cnc2c1. The van der Waals surface area contributed by atoms with Gasteiger partial charge in [0.25, 0.3) is 0 Å². The molecule has 100 valence electrons. The first kappa shape index (κ1) is 12.5. The Bertz CT molecular complexity index is 538. The van der Waals surface area contributed by atoms with E-state index in [1.807, 2.05) is 30.5 Å². The normalized spacial score (nSPS) is 19.1. The first-order valence-corrected chi connectivity index (χ1v) is 6.91. The van der Waals surface area contributed by atoms with Crippen LogP contribution in [0, 0.1) is 5.92 Å². The molecule has 19 heavy (non-hydrogen) atoms. The molecule has 0 amide bonds. The van der Waals surface area contributed by atoms with Gasteiger partial charge in [-0.15, -0.1) is 0 Å². The first-order chi connectivity index (χ1) is 9.42. The minimum Gasteiger partial charge on any atom is -0.381 e. The fraction of sp³-hybridized carbons (Fsp3) is 0.467. The number of ether oxygens (including phenoxy) is 1. The minimum absolute atomic E-state index is 0.732. The lowest BCUT2D eigenvalue weighted by atomic mass is 10.1. The van der Waals surface area contributed by atoms with Crippen LogP contribution in [0.15, 0.2) is 30.5 Å². The van der Waals surface area contributed by atoms with Gasteiger partial charge in [0.15, 0.2) is 0 Å². The van der Waals surface area contributed by atoms with E-state index >= 15 is 0 Å². The second kappa shape index (κ2) is 6.08. The monoisotopic (exact) mass is 257 g/mol. The average molecular weight is 257 g/mol. The highest BCUT2D eigenvalue weighted by Gasteiger charge is 2.14. The van der Waals surface area contributed by atoms with Crippen LogP contribution in [0.1, 0.15) is 18.5 Å². The number of nitrogens with zero attached hydrogens (tertiary/aromatic N) is 2. The van der Waals surface area contributed by atoms with Crippen molar-refractivity contribution in [2.24, 2.45) is 5.92 Å². The summed E-state index contributed by atoms with van der Waals surface area (Å²) in [5.74, 6) is 0.732. The molecule has 1 aliphatic rings. The zero-order valence-corrected chi connectivity index (χ0v) is 11.0. The van der Waals surface area contributed by atoms with Crippen molar-refractivity contribution in [3.63, 3.8) is 0 Å². The molecule has 4 heteroatoms. The van der Waals surface area contributed by atoms with E-state index in [4.69, 9.17) is 4.74 Å². The van der Waals surface area contributed by atoms with Crippen LogP contribution < -0.4 is 5.32 Å². The molecule has 0 radical (unpaired) electrons. The lowest BCUT2D eigenvalue weighted by molar-refractivity contribution is 0.184. The van der Waals surface area contributed by atoms with Crippen LogP contribution >= 0.6 is 0 Å². The van der Waals surface area contributed by atoms with Gasteiger partial charge in [0.2, 0.25) is 0 Å². The zero-order valence-electron chi connectivity index (χ0n) is 11.0. The van der Waals surface area contributed by atoms with Crippen molar-refractivity contribution < 1.29 is 4.74 Å². The van der Waals surface area contributed by atoms with Crippen molar-refractivity contribution in [1.29, 1.82) is 0 Å².